The normalized spacial score (nSPS) is 11.3. The van der Waals surface area contributed by atoms with E-state index in [0.29, 0.717) is 18.3 Å². The molecule has 9 heteroatoms. The molecule has 0 amide bonds. The second kappa shape index (κ2) is 9.54. The molecule has 4 heterocycles. The minimum atomic E-state index is 0.658. The SMILES string of the molecule is Cc1occc1-c1nnc(SCCCc2nc(-c3cccs3)no2)n1Cc1ccccc1. The van der Waals surface area contributed by atoms with Gasteiger partial charge in [-0.3, -0.25) is 4.57 Å². The highest BCUT2D eigenvalue weighted by Crippen LogP contribution is 2.28. The zero-order valence-electron chi connectivity index (χ0n) is 17.5. The quantitative estimate of drug-likeness (QED) is 0.204. The monoisotopic (exact) mass is 463 g/mol. The van der Waals surface area contributed by atoms with Crippen LogP contribution in [0.4, 0.5) is 0 Å². The van der Waals surface area contributed by atoms with Gasteiger partial charge in [-0.1, -0.05) is 53.3 Å². The van der Waals surface area contributed by atoms with Crippen molar-refractivity contribution in [3.05, 3.63) is 77.4 Å². The molecule has 0 atom stereocenters. The molecule has 32 heavy (non-hydrogen) atoms. The van der Waals surface area contributed by atoms with Crippen LogP contribution in [-0.2, 0) is 13.0 Å². The Morgan fingerprint density at radius 3 is 2.75 bits per heavy atom. The molecule has 0 radical (unpaired) electrons. The van der Waals surface area contributed by atoms with Crippen LogP contribution in [0, 0.1) is 6.92 Å². The summed E-state index contributed by atoms with van der Waals surface area (Å²) in [7, 11) is 0. The molecule has 0 aliphatic carbocycles. The second-order valence-corrected chi connectivity index (χ2v) is 9.22. The Morgan fingerprint density at radius 1 is 1.06 bits per heavy atom. The molecule has 0 spiro atoms. The van der Waals surface area contributed by atoms with Gasteiger partial charge in [-0.2, -0.15) is 4.98 Å². The van der Waals surface area contributed by atoms with E-state index in [4.69, 9.17) is 8.94 Å². The average molecular weight is 464 g/mol. The molecule has 4 aromatic heterocycles. The van der Waals surface area contributed by atoms with Crippen LogP contribution < -0.4 is 0 Å². The van der Waals surface area contributed by atoms with Crippen molar-refractivity contribution in [3.63, 3.8) is 0 Å². The topological polar surface area (TPSA) is 82.8 Å². The van der Waals surface area contributed by atoms with Gasteiger partial charge in [0.15, 0.2) is 11.0 Å². The lowest BCUT2D eigenvalue weighted by Gasteiger charge is -2.10. The first-order valence-electron chi connectivity index (χ1n) is 10.3. The summed E-state index contributed by atoms with van der Waals surface area (Å²) in [5, 5.41) is 15.9. The fraction of sp³-hybridized carbons (Fsp3) is 0.217. The standard InChI is InChI=1S/C23H21N5O2S2/c1-16-18(11-12-29-16)22-25-26-23(28(22)15-17-7-3-2-4-8-17)32-14-6-10-20-24-21(27-30-20)19-9-5-13-31-19/h2-5,7-9,11-13H,6,10,14-15H2,1H3. The third-order valence-corrected chi connectivity index (χ3v) is 6.89. The van der Waals surface area contributed by atoms with Crippen molar-refractivity contribution < 1.29 is 8.94 Å². The minimum Gasteiger partial charge on any atom is -0.469 e. The lowest BCUT2D eigenvalue weighted by atomic mass is 10.2. The molecule has 0 aliphatic heterocycles. The Morgan fingerprint density at radius 2 is 1.97 bits per heavy atom. The predicted octanol–water partition coefficient (Wildman–Crippen LogP) is 5.73. The lowest BCUT2D eigenvalue weighted by Crippen LogP contribution is -2.04. The molecule has 5 aromatic rings. The Bertz CT molecular complexity index is 1270. The number of thiophene rings is 1. The van der Waals surface area contributed by atoms with Crippen LogP contribution in [-0.4, -0.2) is 30.7 Å². The van der Waals surface area contributed by atoms with E-state index in [1.54, 1.807) is 29.4 Å². The number of rotatable bonds is 9. The van der Waals surface area contributed by atoms with Crippen molar-refractivity contribution in [1.29, 1.82) is 0 Å². The molecule has 0 N–H and O–H groups in total. The van der Waals surface area contributed by atoms with E-state index < -0.39 is 0 Å². The van der Waals surface area contributed by atoms with Gasteiger partial charge in [0, 0.05) is 12.2 Å². The third kappa shape index (κ3) is 4.53. The molecule has 1 aromatic carbocycles. The van der Waals surface area contributed by atoms with Gasteiger partial charge in [-0.15, -0.1) is 21.5 Å². The molecule has 0 aliphatic rings. The van der Waals surface area contributed by atoms with Crippen molar-refractivity contribution in [1.82, 2.24) is 24.9 Å². The molecular weight excluding hydrogens is 442 g/mol. The molecule has 162 valence electrons. The van der Waals surface area contributed by atoms with E-state index in [9.17, 15) is 0 Å². The summed E-state index contributed by atoms with van der Waals surface area (Å²) in [6, 6.07) is 16.3. The van der Waals surface area contributed by atoms with Crippen LogP contribution in [0.25, 0.3) is 22.1 Å². The van der Waals surface area contributed by atoms with Crippen molar-refractivity contribution in [3.8, 4) is 22.1 Å². The Labute approximate surface area is 193 Å². The highest BCUT2D eigenvalue weighted by molar-refractivity contribution is 7.99. The second-order valence-electron chi connectivity index (χ2n) is 7.21. The van der Waals surface area contributed by atoms with Gasteiger partial charge >= 0.3 is 0 Å². The lowest BCUT2D eigenvalue weighted by molar-refractivity contribution is 0.378. The highest BCUT2D eigenvalue weighted by Gasteiger charge is 2.18. The molecule has 0 fully saturated rings. The number of aromatic nitrogens is 5. The molecule has 0 bridgehead atoms. The molecule has 0 unspecified atom stereocenters. The van der Waals surface area contributed by atoms with Crippen LogP contribution in [0.3, 0.4) is 0 Å². The fourth-order valence-electron chi connectivity index (χ4n) is 3.37. The highest BCUT2D eigenvalue weighted by atomic mass is 32.2. The maximum absolute atomic E-state index is 5.50. The van der Waals surface area contributed by atoms with Gasteiger partial charge in [0.05, 0.1) is 23.2 Å². The van der Waals surface area contributed by atoms with E-state index in [-0.39, 0.29) is 0 Å². The largest absolute Gasteiger partial charge is 0.469 e. The number of hydrogen-bond donors (Lipinski definition) is 0. The van der Waals surface area contributed by atoms with Crippen LogP contribution in [0.15, 0.2) is 74.3 Å². The molecule has 0 saturated heterocycles. The van der Waals surface area contributed by atoms with E-state index in [0.717, 1.165) is 45.8 Å². The number of benzene rings is 1. The van der Waals surface area contributed by atoms with Gasteiger partial charge < -0.3 is 8.94 Å². The van der Waals surface area contributed by atoms with Crippen molar-refractivity contribution in [2.45, 2.75) is 31.5 Å². The van der Waals surface area contributed by atoms with Gasteiger partial charge in [0.1, 0.15) is 5.76 Å². The third-order valence-electron chi connectivity index (χ3n) is 4.98. The van der Waals surface area contributed by atoms with Crippen LogP contribution >= 0.6 is 23.1 Å². The van der Waals surface area contributed by atoms with Gasteiger partial charge in [-0.25, -0.2) is 0 Å². The summed E-state index contributed by atoms with van der Waals surface area (Å²) in [5.41, 5.74) is 2.16. The summed E-state index contributed by atoms with van der Waals surface area (Å²) in [4.78, 5) is 5.52. The van der Waals surface area contributed by atoms with E-state index in [2.05, 4.69) is 37.0 Å². The molecule has 7 nitrogen and oxygen atoms in total. The van der Waals surface area contributed by atoms with Crippen molar-refractivity contribution in [2.24, 2.45) is 0 Å². The summed E-state index contributed by atoms with van der Waals surface area (Å²) in [5.74, 6) is 3.84. The zero-order valence-corrected chi connectivity index (χ0v) is 19.1. The molecule has 5 rings (SSSR count). The number of nitrogens with zero attached hydrogens (tertiary/aromatic N) is 5. The van der Waals surface area contributed by atoms with Gasteiger partial charge in [-0.05, 0) is 36.4 Å². The summed E-state index contributed by atoms with van der Waals surface area (Å²) >= 11 is 3.29. The molecule has 0 saturated carbocycles. The van der Waals surface area contributed by atoms with Crippen LogP contribution in [0.5, 0.6) is 0 Å². The maximum atomic E-state index is 5.50. The van der Waals surface area contributed by atoms with E-state index >= 15 is 0 Å². The minimum absolute atomic E-state index is 0.658. The van der Waals surface area contributed by atoms with Gasteiger partial charge in [0.25, 0.3) is 0 Å². The smallest absolute Gasteiger partial charge is 0.227 e. The van der Waals surface area contributed by atoms with Gasteiger partial charge in [0.2, 0.25) is 11.7 Å². The fourth-order valence-corrected chi connectivity index (χ4v) is 4.90. The van der Waals surface area contributed by atoms with Crippen LogP contribution in [0.1, 0.15) is 23.6 Å². The summed E-state index contributed by atoms with van der Waals surface area (Å²) < 4.78 is 13.1. The Balaban J connectivity index is 1.27. The average Bonchev–Trinajstić information content (AvgIpc) is 3.60. The summed E-state index contributed by atoms with van der Waals surface area (Å²) in [6.07, 6.45) is 3.31. The first-order chi connectivity index (χ1) is 15.8. The summed E-state index contributed by atoms with van der Waals surface area (Å²) in [6.45, 7) is 2.64. The molecular formula is C23H21N5O2S2. The van der Waals surface area contributed by atoms with Crippen molar-refractivity contribution >= 4 is 23.1 Å². The first-order valence-corrected chi connectivity index (χ1v) is 12.2. The van der Waals surface area contributed by atoms with Crippen LogP contribution in [0.2, 0.25) is 0 Å². The Hall–Kier alpha value is -3.17. The number of thioether (sulfide) groups is 1. The predicted molar refractivity (Wildman–Crippen MR) is 125 cm³/mol. The zero-order chi connectivity index (χ0) is 21.8. The first kappa shape index (κ1) is 20.7. The number of aryl methyl sites for hydroxylation is 2. The Kier molecular flexibility index (Phi) is 6.17. The van der Waals surface area contributed by atoms with Crippen molar-refractivity contribution in [2.75, 3.05) is 5.75 Å². The maximum Gasteiger partial charge on any atom is 0.227 e. The van der Waals surface area contributed by atoms with E-state index in [1.807, 2.05) is 48.7 Å². The number of furan rings is 1. The van der Waals surface area contributed by atoms with E-state index in [1.165, 1.54) is 5.56 Å². The number of hydrogen-bond acceptors (Lipinski definition) is 8.